The van der Waals surface area contributed by atoms with Crippen molar-refractivity contribution >= 4 is 11.0 Å². The lowest BCUT2D eigenvalue weighted by atomic mass is 10.2. The number of furan rings is 1. The third kappa shape index (κ3) is 2.20. The number of fused-ring (bicyclic) bond motifs is 1. The summed E-state index contributed by atoms with van der Waals surface area (Å²) in [6.45, 7) is 2.70. The molecule has 4 rings (SSSR count). The Morgan fingerprint density at radius 2 is 2.20 bits per heavy atom. The van der Waals surface area contributed by atoms with Crippen LogP contribution >= 0.6 is 0 Å². The second-order valence-electron chi connectivity index (χ2n) is 5.32. The molecule has 1 aliphatic carbocycles. The fourth-order valence-electron chi connectivity index (χ4n) is 2.22. The predicted molar refractivity (Wildman–Crippen MR) is 74.1 cm³/mol. The summed E-state index contributed by atoms with van der Waals surface area (Å²) < 4.78 is 11.0. The van der Waals surface area contributed by atoms with Crippen molar-refractivity contribution in [2.24, 2.45) is 0 Å². The van der Waals surface area contributed by atoms with Crippen LogP contribution in [0, 0.1) is 6.92 Å². The number of nitrogens with zero attached hydrogens (tertiary/aromatic N) is 2. The van der Waals surface area contributed by atoms with Crippen molar-refractivity contribution in [1.82, 2.24) is 15.5 Å². The summed E-state index contributed by atoms with van der Waals surface area (Å²) in [6.07, 6.45) is 2.49. The lowest BCUT2D eigenvalue weighted by molar-refractivity contribution is 0.409. The largest absolute Gasteiger partial charge is 0.451 e. The van der Waals surface area contributed by atoms with Crippen molar-refractivity contribution in [2.75, 3.05) is 0 Å². The molecule has 102 valence electrons. The van der Waals surface area contributed by atoms with Crippen molar-refractivity contribution < 1.29 is 8.94 Å². The number of hydrogen-bond donors (Lipinski definition) is 1. The Labute approximate surface area is 116 Å². The van der Waals surface area contributed by atoms with Crippen molar-refractivity contribution in [3.63, 3.8) is 0 Å². The van der Waals surface area contributed by atoms with E-state index in [9.17, 15) is 0 Å². The summed E-state index contributed by atoms with van der Waals surface area (Å²) in [5.74, 6) is 1.73. The number of benzene rings is 1. The molecule has 1 aromatic carbocycles. The molecule has 1 N–H and O–H groups in total. The Balaban J connectivity index is 1.60. The molecule has 20 heavy (non-hydrogen) atoms. The van der Waals surface area contributed by atoms with Gasteiger partial charge in [-0.25, -0.2) is 0 Å². The highest BCUT2D eigenvalue weighted by Crippen LogP contribution is 2.27. The van der Waals surface area contributed by atoms with Gasteiger partial charge in [0.1, 0.15) is 5.58 Å². The molecule has 0 saturated heterocycles. The van der Waals surface area contributed by atoms with Crippen LogP contribution in [0.5, 0.6) is 0 Å². The summed E-state index contributed by atoms with van der Waals surface area (Å²) in [5.41, 5.74) is 2.03. The minimum Gasteiger partial charge on any atom is -0.451 e. The van der Waals surface area contributed by atoms with E-state index < -0.39 is 0 Å². The monoisotopic (exact) mass is 269 g/mol. The van der Waals surface area contributed by atoms with Crippen molar-refractivity contribution in [3.05, 3.63) is 35.7 Å². The highest BCUT2D eigenvalue weighted by molar-refractivity contribution is 5.82. The summed E-state index contributed by atoms with van der Waals surface area (Å²) in [5, 5.41) is 8.38. The molecule has 3 aromatic rings. The van der Waals surface area contributed by atoms with Crippen molar-refractivity contribution in [1.29, 1.82) is 0 Å². The molecule has 0 amide bonds. The van der Waals surface area contributed by atoms with E-state index in [0.717, 1.165) is 11.0 Å². The molecule has 5 nitrogen and oxygen atoms in total. The lowest BCUT2D eigenvalue weighted by Gasteiger charge is -1.94. The topological polar surface area (TPSA) is 64.1 Å². The van der Waals surface area contributed by atoms with Crippen LogP contribution in [-0.4, -0.2) is 16.2 Å². The minimum atomic E-state index is 0.437. The first kappa shape index (κ1) is 11.7. The predicted octanol–water partition coefficient (Wildman–Crippen LogP) is 3.04. The van der Waals surface area contributed by atoms with Crippen molar-refractivity contribution in [3.8, 4) is 11.7 Å². The normalized spacial score (nSPS) is 15.1. The molecule has 2 aromatic heterocycles. The fraction of sp³-hybridized carbons (Fsp3) is 0.333. The van der Waals surface area contributed by atoms with Gasteiger partial charge in [0.05, 0.1) is 6.54 Å². The molecule has 2 heterocycles. The molecule has 1 aliphatic rings. The molecule has 1 fully saturated rings. The molecule has 0 aliphatic heterocycles. The van der Waals surface area contributed by atoms with Gasteiger partial charge in [0.2, 0.25) is 0 Å². The lowest BCUT2D eigenvalue weighted by Crippen LogP contribution is -2.16. The zero-order chi connectivity index (χ0) is 13.5. The third-order valence-corrected chi connectivity index (χ3v) is 3.48. The Kier molecular flexibility index (Phi) is 2.60. The van der Waals surface area contributed by atoms with Gasteiger partial charge in [0.15, 0.2) is 11.6 Å². The fourth-order valence-corrected chi connectivity index (χ4v) is 2.22. The molecular formula is C15H15N3O2. The van der Waals surface area contributed by atoms with Gasteiger partial charge in [-0.3, -0.25) is 0 Å². The number of hydrogen-bond acceptors (Lipinski definition) is 5. The van der Waals surface area contributed by atoms with Gasteiger partial charge >= 0.3 is 0 Å². The van der Waals surface area contributed by atoms with Crippen LogP contribution in [0.15, 0.2) is 33.2 Å². The van der Waals surface area contributed by atoms with Gasteiger partial charge in [-0.15, -0.1) is 0 Å². The second-order valence-corrected chi connectivity index (χ2v) is 5.32. The highest BCUT2D eigenvalue weighted by atomic mass is 16.5. The number of aromatic nitrogens is 2. The standard InChI is InChI=1S/C15H15N3O2/c1-9-2-5-12-10(6-9)7-13(19-12)15-17-14(18-20-15)8-16-11-3-4-11/h2,5-7,11,16H,3-4,8H2,1H3. The maximum Gasteiger partial charge on any atom is 0.293 e. The van der Waals surface area contributed by atoms with Gasteiger partial charge in [-0.2, -0.15) is 4.98 Å². The molecular weight excluding hydrogens is 254 g/mol. The van der Waals surface area contributed by atoms with E-state index in [1.165, 1.54) is 18.4 Å². The Bertz CT molecular complexity index is 755. The first-order valence-corrected chi connectivity index (χ1v) is 6.84. The van der Waals surface area contributed by atoms with Gasteiger partial charge in [0.25, 0.3) is 5.89 Å². The number of nitrogens with one attached hydrogen (secondary N) is 1. The third-order valence-electron chi connectivity index (χ3n) is 3.48. The van der Waals surface area contributed by atoms with Crippen LogP contribution in [0.3, 0.4) is 0 Å². The second kappa shape index (κ2) is 4.45. The average Bonchev–Trinajstić information content (AvgIpc) is 2.99. The van der Waals surface area contributed by atoms with E-state index in [-0.39, 0.29) is 0 Å². The average molecular weight is 269 g/mol. The van der Waals surface area contributed by atoms with Crippen LogP contribution in [-0.2, 0) is 6.54 Å². The van der Waals surface area contributed by atoms with Crippen LogP contribution < -0.4 is 5.32 Å². The van der Waals surface area contributed by atoms with Gasteiger partial charge in [-0.05, 0) is 38.0 Å². The molecule has 0 unspecified atom stereocenters. The van der Waals surface area contributed by atoms with E-state index in [2.05, 4.69) is 28.4 Å². The van der Waals surface area contributed by atoms with E-state index in [4.69, 9.17) is 8.94 Å². The van der Waals surface area contributed by atoms with Crippen LogP contribution in [0.25, 0.3) is 22.6 Å². The first-order valence-electron chi connectivity index (χ1n) is 6.84. The van der Waals surface area contributed by atoms with Crippen LogP contribution in [0.1, 0.15) is 24.2 Å². The summed E-state index contributed by atoms with van der Waals surface area (Å²) >= 11 is 0. The maximum absolute atomic E-state index is 5.74. The van der Waals surface area contributed by atoms with Crippen LogP contribution in [0.4, 0.5) is 0 Å². The molecule has 0 bridgehead atoms. The quantitative estimate of drug-likeness (QED) is 0.788. The van der Waals surface area contributed by atoms with Crippen LogP contribution in [0.2, 0.25) is 0 Å². The Hall–Kier alpha value is -2.14. The van der Waals surface area contributed by atoms with Crippen molar-refractivity contribution in [2.45, 2.75) is 32.4 Å². The highest BCUT2D eigenvalue weighted by Gasteiger charge is 2.21. The van der Waals surface area contributed by atoms with E-state index in [1.807, 2.05) is 18.2 Å². The zero-order valence-corrected chi connectivity index (χ0v) is 11.2. The van der Waals surface area contributed by atoms with Gasteiger partial charge in [0, 0.05) is 11.4 Å². The smallest absolute Gasteiger partial charge is 0.293 e. The minimum absolute atomic E-state index is 0.437. The molecule has 0 atom stereocenters. The van der Waals surface area contributed by atoms with E-state index in [1.54, 1.807) is 0 Å². The Morgan fingerprint density at radius 1 is 1.30 bits per heavy atom. The van der Waals surface area contributed by atoms with Gasteiger partial charge < -0.3 is 14.3 Å². The Morgan fingerprint density at radius 3 is 3.05 bits per heavy atom. The number of rotatable bonds is 4. The molecule has 5 heteroatoms. The number of aryl methyl sites for hydroxylation is 1. The zero-order valence-electron chi connectivity index (χ0n) is 11.2. The SMILES string of the molecule is Cc1ccc2oc(-c3nc(CNC4CC4)no3)cc2c1. The molecule has 0 spiro atoms. The molecule has 0 radical (unpaired) electrons. The van der Waals surface area contributed by atoms with Gasteiger partial charge in [-0.1, -0.05) is 16.8 Å². The summed E-state index contributed by atoms with van der Waals surface area (Å²) in [4.78, 5) is 4.36. The van der Waals surface area contributed by atoms with E-state index in [0.29, 0.717) is 30.1 Å². The first-order chi connectivity index (χ1) is 9.78. The summed E-state index contributed by atoms with van der Waals surface area (Å²) in [6, 6.07) is 8.63. The molecule has 1 saturated carbocycles. The maximum atomic E-state index is 5.74. The summed E-state index contributed by atoms with van der Waals surface area (Å²) in [7, 11) is 0. The van der Waals surface area contributed by atoms with E-state index >= 15 is 0 Å².